The summed E-state index contributed by atoms with van der Waals surface area (Å²) in [5, 5.41) is 28.4. The smallest absolute Gasteiger partial charge is 0.182 e. The average Bonchev–Trinajstić information content (AvgIpc) is 3.14. The topological polar surface area (TPSA) is 79.1 Å². The second-order valence-corrected chi connectivity index (χ2v) is 7.98. The lowest BCUT2D eigenvalue weighted by molar-refractivity contribution is 0.113. The molecule has 0 saturated carbocycles. The maximum absolute atomic E-state index is 10.5. The van der Waals surface area contributed by atoms with Gasteiger partial charge in [0.25, 0.3) is 0 Å². The van der Waals surface area contributed by atoms with Crippen LogP contribution < -0.4 is 5.32 Å². The Kier molecular flexibility index (Phi) is 6.58. The van der Waals surface area contributed by atoms with Gasteiger partial charge in [0.2, 0.25) is 0 Å². The van der Waals surface area contributed by atoms with E-state index in [0.29, 0.717) is 28.6 Å². The summed E-state index contributed by atoms with van der Waals surface area (Å²) in [5.74, 6) is 0. The molecule has 31 heavy (non-hydrogen) atoms. The number of fused-ring (bicyclic) bond motifs is 1. The molecule has 0 spiro atoms. The van der Waals surface area contributed by atoms with Gasteiger partial charge in [-0.05, 0) is 14.1 Å². The fraction of sp³-hybridized carbons (Fsp3) is 0.261. The Morgan fingerprint density at radius 2 is 1.58 bits per heavy atom. The van der Waals surface area contributed by atoms with E-state index in [2.05, 4.69) is 15.5 Å². The van der Waals surface area contributed by atoms with Gasteiger partial charge in [-0.25, -0.2) is 4.68 Å². The van der Waals surface area contributed by atoms with Gasteiger partial charge in [-0.1, -0.05) is 72.3 Å². The van der Waals surface area contributed by atoms with E-state index in [1.165, 1.54) is 0 Å². The molecule has 7 nitrogen and oxygen atoms in total. The molecule has 2 heterocycles. The summed E-state index contributed by atoms with van der Waals surface area (Å²) < 4.78 is 1.67. The molecule has 160 valence electrons. The molecule has 8 heteroatoms. The van der Waals surface area contributed by atoms with Gasteiger partial charge in [-0.3, -0.25) is 5.32 Å². The summed E-state index contributed by atoms with van der Waals surface area (Å²) in [6, 6.07) is 19.6. The molecule has 0 amide bonds. The van der Waals surface area contributed by atoms with Crippen molar-refractivity contribution in [3.63, 3.8) is 0 Å². The summed E-state index contributed by atoms with van der Waals surface area (Å²) in [6.07, 6.45) is -0.777. The minimum Gasteiger partial charge on any atom is -0.377 e. The van der Waals surface area contributed by atoms with E-state index in [0.717, 1.165) is 23.1 Å². The zero-order valence-corrected chi connectivity index (χ0v) is 18.3. The lowest BCUT2D eigenvalue weighted by atomic mass is 10.1. The zero-order valence-electron chi connectivity index (χ0n) is 17.5. The number of rotatable bonds is 8. The van der Waals surface area contributed by atoms with Crippen molar-refractivity contribution in [3.05, 3.63) is 65.7 Å². The summed E-state index contributed by atoms with van der Waals surface area (Å²) in [7, 11) is 3.98. The fourth-order valence-corrected chi connectivity index (χ4v) is 3.73. The van der Waals surface area contributed by atoms with Crippen LogP contribution in [0.15, 0.2) is 60.7 Å². The van der Waals surface area contributed by atoms with Crippen LogP contribution in [0.1, 0.15) is 0 Å². The number of likely N-dealkylation sites (N-methyl/N-ethyl adjacent to an activating group) is 1. The van der Waals surface area contributed by atoms with Crippen LogP contribution in [0.25, 0.3) is 33.5 Å². The van der Waals surface area contributed by atoms with Crippen molar-refractivity contribution >= 4 is 22.6 Å². The molecular weight excluding hydrogens is 412 g/mol. The largest absolute Gasteiger partial charge is 0.377 e. The molecule has 0 aliphatic rings. The maximum Gasteiger partial charge on any atom is 0.182 e. The van der Waals surface area contributed by atoms with E-state index in [9.17, 15) is 5.11 Å². The van der Waals surface area contributed by atoms with Gasteiger partial charge in [0, 0.05) is 24.2 Å². The van der Waals surface area contributed by atoms with E-state index in [-0.39, 0.29) is 6.54 Å². The molecule has 4 aromatic rings. The Bertz CT molecular complexity index is 1150. The quantitative estimate of drug-likeness (QED) is 0.413. The molecule has 0 saturated heterocycles. The summed E-state index contributed by atoms with van der Waals surface area (Å²) in [5.41, 5.74) is 3.68. The number of hydrogen-bond acceptors (Lipinski definition) is 6. The van der Waals surface area contributed by atoms with Crippen LogP contribution in [0, 0.1) is 0 Å². The van der Waals surface area contributed by atoms with Crippen LogP contribution in [0.5, 0.6) is 0 Å². The molecule has 2 aromatic carbocycles. The molecule has 4 rings (SSSR count). The molecule has 1 atom stereocenters. The third-order valence-corrected chi connectivity index (χ3v) is 5.35. The average molecular weight is 437 g/mol. The number of hydrogen-bond donors (Lipinski definition) is 2. The van der Waals surface area contributed by atoms with Crippen LogP contribution in [0.2, 0.25) is 5.02 Å². The Morgan fingerprint density at radius 1 is 0.968 bits per heavy atom. The van der Waals surface area contributed by atoms with Gasteiger partial charge < -0.3 is 10.0 Å². The van der Waals surface area contributed by atoms with Crippen molar-refractivity contribution in [1.82, 2.24) is 30.2 Å². The molecule has 0 bridgehead atoms. The molecule has 0 radical (unpaired) electrons. The van der Waals surface area contributed by atoms with Crippen LogP contribution in [0.3, 0.4) is 0 Å². The van der Waals surface area contributed by atoms with E-state index < -0.39 is 6.23 Å². The Hall–Kier alpha value is -2.84. The van der Waals surface area contributed by atoms with Crippen LogP contribution in [-0.2, 0) is 6.54 Å². The van der Waals surface area contributed by atoms with Crippen molar-refractivity contribution in [2.45, 2.75) is 12.8 Å². The minimum atomic E-state index is -0.777. The highest BCUT2D eigenvalue weighted by Gasteiger charge is 2.22. The van der Waals surface area contributed by atoms with Crippen molar-refractivity contribution < 1.29 is 5.11 Å². The first-order valence-corrected chi connectivity index (χ1v) is 10.5. The first-order chi connectivity index (χ1) is 15.0. The van der Waals surface area contributed by atoms with Gasteiger partial charge >= 0.3 is 0 Å². The van der Waals surface area contributed by atoms with Gasteiger partial charge in [-0.2, -0.15) is 5.10 Å². The standard InChI is InChI=1S/C23H25ClN6O/c1-29(2)14-13-25-18(31)15-30-23-19(21(28-30)16-9-5-3-6-10-16)20(24)22(26-27-23)17-11-7-4-8-12-17/h3-12,18,25,31H,13-15H2,1-2H3. The number of aliphatic hydroxyl groups excluding tert-OH is 1. The highest BCUT2D eigenvalue weighted by molar-refractivity contribution is 6.38. The van der Waals surface area contributed by atoms with Crippen molar-refractivity contribution in [3.8, 4) is 22.5 Å². The Morgan fingerprint density at radius 3 is 2.19 bits per heavy atom. The Labute approximate surface area is 186 Å². The van der Waals surface area contributed by atoms with Crippen LogP contribution in [0.4, 0.5) is 0 Å². The van der Waals surface area contributed by atoms with Crippen LogP contribution in [-0.4, -0.2) is 63.4 Å². The number of aromatic nitrogens is 4. The molecule has 0 aliphatic heterocycles. The second kappa shape index (κ2) is 9.53. The van der Waals surface area contributed by atoms with E-state index >= 15 is 0 Å². The SMILES string of the molecule is CN(C)CCNC(O)Cn1nc(-c2ccccc2)c2c(Cl)c(-c3ccccc3)nnc21. The molecular formula is C23H25ClN6O. The molecule has 2 aromatic heterocycles. The van der Waals surface area contributed by atoms with Gasteiger partial charge in [0.15, 0.2) is 5.65 Å². The molecule has 2 N–H and O–H groups in total. The lowest BCUT2D eigenvalue weighted by Crippen LogP contribution is -2.37. The van der Waals surface area contributed by atoms with Gasteiger partial charge in [-0.15, -0.1) is 10.2 Å². The fourth-order valence-electron chi connectivity index (χ4n) is 3.41. The summed E-state index contributed by atoms with van der Waals surface area (Å²) >= 11 is 6.86. The first-order valence-electron chi connectivity index (χ1n) is 10.1. The highest BCUT2D eigenvalue weighted by Crippen LogP contribution is 2.37. The molecule has 0 fully saturated rings. The monoisotopic (exact) mass is 436 g/mol. The predicted octanol–water partition coefficient (Wildman–Crippen LogP) is 3.28. The van der Waals surface area contributed by atoms with Crippen molar-refractivity contribution in [1.29, 1.82) is 0 Å². The first kappa shape index (κ1) is 21.4. The summed E-state index contributed by atoms with van der Waals surface area (Å²) in [4.78, 5) is 2.05. The number of benzene rings is 2. The number of aliphatic hydroxyl groups is 1. The normalized spacial score (nSPS) is 12.5. The minimum absolute atomic E-state index is 0.229. The molecule has 0 aliphatic carbocycles. The van der Waals surface area contributed by atoms with E-state index in [1.807, 2.05) is 79.7 Å². The number of nitrogens with zero attached hydrogens (tertiary/aromatic N) is 5. The van der Waals surface area contributed by atoms with Gasteiger partial charge in [0.1, 0.15) is 17.6 Å². The van der Waals surface area contributed by atoms with Crippen LogP contribution >= 0.6 is 11.6 Å². The van der Waals surface area contributed by atoms with E-state index in [1.54, 1.807) is 4.68 Å². The Balaban J connectivity index is 1.77. The summed E-state index contributed by atoms with van der Waals surface area (Å²) in [6.45, 7) is 1.70. The number of halogens is 1. The van der Waals surface area contributed by atoms with Crippen molar-refractivity contribution in [2.24, 2.45) is 0 Å². The van der Waals surface area contributed by atoms with Gasteiger partial charge in [0.05, 0.1) is 17.0 Å². The van der Waals surface area contributed by atoms with Crippen molar-refractivity contribution in [2.75, 3.05) is 27.2 Å². The lowest BCUT2D eigenvalue weighted by Gasteiger charge is -2.15. The second-order valence-electron chi connectivity index (χ2n) is 7.60. The van der Waals surface area contributed by atoms with E-state index in [4.69, 9.17) is 16.7 Å². The zero-order chi connectivity index (χ0) is 21.8. The predicted molar refractivity (Wildman–Crippen MR) is 124 cm³/mol. The number of nitrogens with one attached hydrogen (secondary N) is 1. The molecule has 1 unspecified atom stereocenters. The maximum atomic E-state index is 10.5. The highest BCUT2D eigenvalue weighted by atomic mass is 35.5. The third kappa shape index (κ3) is 4.75. The third-order valence-electron chi connectivity index (χ3n) is 4.98.